The molecule has 0 aliphatic rings. The summed E-state index contributed by atoms with van der Waals surface area (Å²) in [5.41, 5.74) is 1.79. The van der Waals surface area contributed by atoms with Crippen LogP contribution in [0.4, 0.5) is 9.59 Å². The van der Waals surface area contributed by atoms with E-state index in [-0.39, 0.29) is 13.2 Å². The van der Waals surface area contributed by atoms with E-state index in [4.69, 9.17) is 22.2 Å². The van der Waals surface area contributed by atoms with Crippen molar-refractivity contribution in [1.82, 2.24) is 10.3 Å². The highest BCUT2D eigenvalue weighted by Gasteiger charge is 2.13. The third-order valence-electron chi connectivity index (χ3n) is 2.05. The molecule has 0 radical (unpaired) electrons. The maximum Gasteiger partial charge on any atom is 0.421 e. The number of alkyl halides is 1. The van der Waals surface area contributed by atoms with Gasteiger partial charge in [-0.1, -0.05) is 13.3 Å². The Labute approximate surface area is 111 Å². The summed E-state index contributed by atoms with van der Waals surface area (Å²) in [7, 11) is 0. The second-order valence-corrected chi connectivity index (χ2v) is 3.80. The van der Waals surface area contributed by atoms with Crippen molar-refractivity contribution >= 4 is 23.8 Å². The first kappa shape index (κ1) is 16.8. The average Bonchev–Trinajstić information content (AvgIpc) is 2.38. The van der Waals surface area contributed by atoms with Crippen LogP contribution in [0.5, 0.6) is 0 Å². The number of unbranched alkanes of at least 4 members (excludes halogenated alkanes) is 1. The minimum Gasteiger partial charge on any atom is -0.446 e. The van der Waals surface area contributed by atoms with Crippen LogP contribution in [0.2, 0.25) is 0 Å². The Kier molecular flexibility index (Phi) is 10.2. The second kappa shape index (κ2) is 10.9. The number of nitrogens with zero attached hydrogens (tertiary/aromatic N) is 1. The fourth-order valence-corrected chi connectivity index (χ4v) is 1.35. The molecule has 8 heteroatoms. The lowest BCUT2D eigenvalue weighted by Gasteiger charge is -2.20. The van der Waals surface area contributed by atoms with Crippen molar-refractivity contribution < 1.29 is 19.1 Å². The van der Waals surface area contributed by atoms with E-state index in [2.05, 4.69) is 4.74 Å². The number of nitrogens with one attached hydrogen (secondary N) is 1. The van der Waals surface area contributed by atoms with Crippen LogP contribution in [0.15, 0.2) is 0 Å². The summed E-state index contributed by atoms with van der Waals surface area (Å²) < 4.78 is 9.50. The molecule has 0 saturated carbocycles. The number of rotatable bonds is 8. The summed E-state index contributed by atoms with van der Waals surface area (Å²) in [6.45, 7) is 3.01. The molecule has 0 rings (SSSR count). The Bertz CT molecular complexity index is 253. The lowest BCUT2D eigenvalue weighted by molar-refractivity contribution is 0.0737. The molecule has 0 unspecified atom stereocenters. The van der Waals surface area contributed by atoms with Crippen molar-refractivity contribution in [1.29, 1.82) is 0 Å². The van der Waals surface area contributed by atoms with Gasteiger partial charge in [0.05, 0.1) is 0 Å². The van der Waals surface area contributed by atoms with Crippen LogP contribution in [-0.2, 0) is 9.47 Å². The average molecular weight is 282 g/mol. The standard InChI is InChI=1S/C10H20ClN3O4/c1-2-3-5-14(6-4-11)10(16)18-8-7-17-9(15)13-12/h2-8,12H2,1H3,(H,13,15). The first-order valence-electron chi connectivity index (χ1n) is 5.76. The number of hydrazine groups is 1. The van der Waals surface area contributed by atoms with Gasteiger partial charge in [0.1, 0.15) is 13.2 Å². The lowest BCUT2D eigenvalue weighted by atomic mass is 10.3. The first-order valence-corrected chi connectivity index (χ1v) is 6.30. The summed E-state index contributed by atoms with van der Waals surface area (Å²) in [5, 5.41) is 0. The number of ether oxygens (including phenoxy) is 2. The van der Waals surface area contributed by atoms with E-state index in [0.717, 1.165) is 12.8 Å². The van der Waals surface area contributed by atoms with E-state index in [0.29, 0.717) is 19.0 Å². The minimum absolute atomic E-state index is 0.0167. The smallest absolute Gasteiger partial charge is 0.421 e. The Morgan fingerprint density at radius 2 is 1.94 bits per heavy atom. The van der Waals surface area contributed by atoms with Gasteiger partial charge in [-0.2, -0.15) is 0 Å². The highest BCUT2D eigenvalue weighted by molar-refractivity contribution is 6.18. The topological polar surface area (TPSA) is 93.9 Å². The summed E-state index contributed by atoms with van der Waals surface area (Å²) in [5.74, 6) is 5.15. The number of nitrogens with two attached hydrogens (primary N) is 1. The van der Waals surface area contributed by atoms with Crippen LogP contribution >= 0.6 is 11.6 Å². The van der Waals surface area contributed by atoms with Crippen LogP contribution in [0.1, 0.15) is 19.8 Å². The SMILES string of the molecule is CCCCN(CCCl)C(=O)OCCOC(=O)NN. The molecule has 0 saturated heterocycles. The molecule has 2 amide bonds. The second-order valence-electron chi connectivity index (χ2n) is 3.42. The summed E-state index contributed by atoms with van der Waals surface area (Å²) in [6, 6.07) is 0. The zero-order valence-corrected chi connectivity index (χ0v) is 11.2. The maximum atomic E-state index is 11.6. The number of carbonyl (C=O) groups excluding carboxylic acids is 2. The maximum absolute atomic E-state index is 11.6. The van der Waals surface area contributed by atoms with Crippen LogP contribution < -0.4 is 11.3 Å². The molecule has 0 aromatic heterocycles. The third kappa shape index (κ3) is 7.97. The van der Waals surface area contributed by atoms with Crippen molar-refractivity contribution in [3.8, 4) is 0 Å². The van der Waals surface area contributed by atoms with Gasteiger partial charge in [0.15, 0.2) is 0 Å². The molecule has 0 heterocycles. The molecule has 0 aliphatic carbocycles. The zero-order chi connectivity index (χ0) is 13.8. The number of hydrogen-bond donors (Lipinski definition) is 2. The van der Waals surface area contributed by atoms with Crippen LogP contribution in [-0.4, -0.2) is 49.3 Å². The van der Waals surface area contributed by atoms with Gasteiger partial charge in [0.25, 0.3) is 0 Å². The quantitative estimate of drug-likeness (QED) is 0.228. The van der Waals surface area contributed by atoms with Crippen molar-refractivity contribution in [3.05, 3.63) is 0 Å². The van der Waals surface area contributed by atoms with Gasteiger partial charge in [-0.3, -0.25) is 5.43 Å². The predicted molar refractivity (Wildman–Crippen MR) is 67.2 cm³/mol. The Morgan fingerprint density at radius 1 is 1.28 bits per heavy atom. The Balaban J connectivity index is 3.83. The van der Waals surface area contributed by atoms with Crippen molar-refractivity contribution in [2.45, 2.75) is 19.8 Å². The normalized spacial score (nSPS) is 9.72. The lowest BCUT2D eigenvalue weighted by Crippen LogP contribution is -2.35. The van der Waals surface area contributed by atoms with Crippen molar-refractivity contribution in [3.63, 3.8) is 0 Å². The highest BCUT2D eigenvalue weighted by Crippen LogP contribution is 1.99. The molecule has 0 atom stereocenters. The largest absolute Gasteiger partial charge is 0.446 e. The van der Waals surface area contributed by atoms with Gasteiger partial charge in [-0.25, -0.2) is 15.4 Å². The Hall–Kier alpha value is -1.21. The summed E-state index contributed by atoms with van der Waals surface area (Å²) in [6.07, 6.45) is 0.639. The van der Waals surface area contributed by atoms with Crippen LogP contribution in [0.25, 0.3) is 0 Å². The minimum atomic E-state index is -0.769. The van der Waals surface area contributed by atoms with Crippen LogP contribution in [0.3, 0.4) is 0 Å². The van der Waals surface area contributed by atoms with E-state index < -0.39 is 12.2 Å². The number of halogens is 1. The summed E-state index contributed by atoms with van der Waals surface area (Å²) in [4.78, 5) is 23.8. The molecule has 7 nitrogen and oxygen atoms in total. The number of amides is 2. The molecule has 0 aliphatic heterocycles. The van der Waals surface area contributed by atoms with Gasteiger partial charge in [-0.05, 0) is 6.42 Å². The highest BCUT2D eigenvalue weighted by atomic mass is 35.5. The van der Waals surface area contributed by atoms with Gasteiger partial charge < -0.3 is 14.4 Å². The predicted octanol–water partition coefficient (Wildman–Crippen LogP) is 1.06. The van der Waals surface area contributed by atoms with E-state index in [1.807, 2.05) is 6.92 Å². The van der Waals surface area contributed by atoms with Gasteiger partial charge in [0.2, 0.25) is 0 Å². The summed E-state index contributed by atoms with van der Waals surface area (Å²) >= 11 is 5.60. The molecule has 0 aromatic rings. The number of hydrogen-bond acceptors (Lipinski definition) is 5. The molecule has 0 bridgehead atoms. The first-order chi connectivity index (χ1) is 8.65. The number of carbonyl (C=O) groups is 2. The van der Waals surface area contributed by atoms with E-state index in [1.54, 1.807) is 5.43 Å². The van der Waals surface area contributed by atoms with Gasteiger partial charge in [0, 0.05) is 19.0 Å². The van der Waals surface area contributed by atoms with Crippen molar-refractivity contribution in [2.75, 3.05) is 32.2 Å². The molecule has 0 spiro atoms. The van der Waals surface area contributed by atoms with Gasteiger partial charge in [-0.15, -0.1) is 11.6 Å². The third-order valence-corrected chi connectivity index (χ3v) is 2.22. The fourth-order valence-electron chi connectivity index (χ4n) is 1.14. The fraction of sp³-hybridized carbons (Fsp3) is 0.800. The zero-order valence-electron chi connectivity index (χ0n) is 10.5. The van der Waals surface area contributed by atoms with E-state index >= 15 is 0 Å². The molecule has 0 aromatic carbocycles. The van der Waals surface area contributed by atoms with Gasteiger partial charge >= 0.3 is 12.2 Å². The monoisotopic (exact) mass is 281 g/mol. The molecule has 3 N–H and O–H groups in total. The molecule has 0 fully saturated rings. The Morgan fingerprint density at radius 3 is 2.50 bits per heavy atom. The van der Waals surface area contributed by atoms with E-state index in [1.165, 1.54) is 4.90 Å². The van der Waals surface area contributed by atoms with Crippen LogP contribution in [0, 0.1) is 0 Å². The molecule has 106 valence electrons. The van der Waals surface area contributed by atoms with E-state index in [9.17, 15) is 9.59 Å². The van der Waals surface area contributed by atoms with Crippen molar-refractivity contribution in [2.24, 2.45) is 5.84 Å². The molecule has 18 heavy (non-hydrogen) atoms. The molecular weight excluding hydrogens is 262 g/mol. The molecular formula is C10H20ClN3O4.